The van der Waals surface area contributed by atoms with Crippen molar-refractivity contribution in [2.75, 3.05) is 33.0 Å². The number of halogens is 1. The van der Waals surface area contributed by atoms with Crippen LogP contribution in [0.3, 0.4) is 0 Å². The first kappa shape index (κ1) is 43.9. The van der Waals surface area contributed by atoms with E-state index >= 15 is 0 Å². The van der Waals surface area contributed by atoms with Crippen molar-refractivity contribution in [2.45, 2.75) is 72.7 Å². The highest BCUT2D eigenvalue weighted by Crippen LogP contribution is 2.17. The molecule has 0 spiro atoms. The molecule has 0 amide bonds. The number of rotatable bonds is 20. The maximum Gasteiger partial charge on any atom is 0.363 e. The zero-order valence-corrected chi connectivity index (χ0v) is 31.7. The van der Waals surface area contributed by atoms with Gasteiger partial charge in [0.2, 0.25) is 6.29 Å². The number of alkyl halides is 1. The average molecular weight is 737 g/mol. The molecule has 4 aromatic carbocycles. The Kier molecular flexibility index (Phi) is 23.1. The fourth-order valence-electron chi connectivity index (χ4n) is 4.38. The summed E-state index contributed by atoms with van der Waals surface area (Å²) in [6.45, 7) is 12.3. The lowest BCUT2D eigenvalue weighted by Gasteiger charge is -2.15. The second-order valence-corrected chi connectivity index (χ2v) is 11.1. The molecule has 0 aromatic heterocycles. The highest BCUT2D eigenvalue weighted by Gasteiger charge is 2.20. The summed E-state index contributed by atoms with van der Waals surface area (Å²) in [7, 11) is 0. The Balaban J connectivity index is 0.000000290. The minimum Gasteiger partial charge on any atom is -0.489 e. The monoisotopic (exact) mass is 736 g/mol. The summed E-state index contributed by atoms with van der Waals surface area (Å²) < 4.78 is 36.8. The van der Waals surface area contributed by atoms with Gasteiger partial charge in [0.15, 0.2) is 5.78 Å². The topological polar surface area (TPSA) is 98.8 Å². The van der Waals surface area contributed by atoms with Crippen LogP contribution in [0.2, 0.25) is 0 Å². The zero-order chi connectivity index (χ0) is 37.8. The van der Waals surface area contributed by atoms with Crippen molar-refractivity contribution in [3.05, 3.63) is 131 Å². The third kappa shape index (κ3) is 18.3. The molecule has 9 nitrogen and oxygen atoms in total. The van der Waals surface area contributed by atoms with Gasteiger partial charge in [0, 0.05) is 38.7 Å². The van der Waals surface area contributed by atoms with E-state index in [0.29, 0.717) is 52.1 Å². The van der Waals surface area contributed by atoms with Crippen LogP contribution in [0.25, 0.3) is 0 Å². The van der Waals surface area contributed by atoms with Crippen LogP contribution in [0.1, 0.15) is 56.9 Å². The molecule has 0 aliphatic rings. The summed E-state index contributed by atoms with van der Waals surface area (Å²) in [6, 6.07) is 35.5. The number of ketones is 1. The first-order chi connectivity index (χ1) is 25.4. The van der Waals surface area contributed by atoms with Gasteiger partial charge in [0.05, 0.1) is 6.61 Å². The molecule has 4 rings (SSSR count). The minimum absolute atomic E-state index is 0.0725. The lowest BCUT2D eigenvalue weighted by Crippen LogP contribution is -2.29. The van der Waals surface area contributed by atoms with Gasteiger partial charge < -0.3 is 33.2 Å². The van der Waals surface area contributed by atoms with E-state index in [2.05, 4.69) is 0 Å². The first-order valence-electron chi connectivity index (χ1n) is 17.6. The van der Waals surface area contributed by atoms with Crippen LogP contribution in [0, 0.1) is 0 Å². The van der Waals surface area contributed by atoms with Gasteiger partial charge in [0.25, 0.3) is 6.29 Å². The van der Waals surface area contributed by atoms with E-state index in [-0.39, 0.29) is 12.2 Å². The van der Waals surface area contributed by atoms with E-state index in [0.717, 1.165) is 28.2 Å². The lowest BCUT2D eigenvalue weighted by molar-refractivity contribution is -0.192. The van der Waals surface area contributed by atoms with Crippen LogP contribution in [0.4, 0.5) is 0 Å². The van der Waals surface area contributed by atoms with E-state index in [9.17, 15) is 9.59 Å². The predicted octanol–water partition coefficient (Wildman–Crippen LogP) is 8.73. The maximum absolute atomic E-state index is 12.2. The van der Waals surface area contributed by atoms with Gasteiger partial charge in [-0.1, -0.05) is 84.9 Å². The van der Waals surface area contributed by atoms with E-state index in [1.54, 1.807) is 20.8 Å². The molecule has 10 heteroatoms. The Morgan fingerprint density at radius 1 is 0.500 bits per heavy atom. The number of hydrogen-bond donors (Lipinski definition) is 0. The molecule has 0 fully saturated rings. The standard InChI is InChI=1S/C20H24O4.C14H13ClO.C8H16O4/c1-3-22-20(23-4-2)19(21)14-16-10-12-18(13-11-16)24-15-17-8-6-5-7-9-17;15-10-12-6-8-14(9-7-12)16-11-13-4-2-1-3-5-13;1-4-10-7(9)8(11-5-2)12-6-3/h5-13,20H,3-4,14-15H2,1-2H3;1-9H,10-11H2;8H,4-6H2,1-3H3. The number of esters is 1. The SMILES string of the molecule is CCOC(=O)C(OCC)OCC.CCOC(OCC)C(=O)Cc1ccc(OCc2ccccc2)cc1.ClCc1ccc(OCc2ccccc2)cc1. The largest absolute Gasteiger partial charge is 0.489 e. The molecule has 282 valence electrons. The van der Waals surface area contributed by atoms with Gasteiger partial charge in [-0.25, -0.2) is 4.79 Å². The van der Waals surface area contributed by atoms with Crippen LogP contribution in [0.5, 0.6) is 11.5 Å². The normalized spacial score (nSPS) is 10.5. The van der Waals surface area contributed by atoms with Crippen LogP contribution >= 0.6 is 11.6 Å². The van der Waals surface area contributed by atoms with Gasteiger partial charge in [-0.15, -0.1) is 11.6 Å². The molecule has 0 aliphatic heterocycles. The highest BCUT2D eigenvalue weighted by atomic mass is 35.5. The summed E-state index contributed by atoms with van der Waals surface area (Å²) >= 11 is 5.71. The fraction of sp³-hybridized carbons (Fsp3) is 0.381. The summed E-state index contributed by atoms with van der Waals surface area (Å²) in [5.74, 6) is 1.66. The number of benzene rings is 4. The van der Waals surface area contributed by atoms with E-state index in [1.807, 2.05) is 123 Å². The number of carbonyl (C=O) groups excluding carboxylic acids is 2. The third-order valence-corrected chi connectivity index (χ3v) is 7.20. The van der Waals surface area contributed by atoms with Gasteiger partial charge in [-0.3, -0.25) is 4.79 Å². The molecular weight excluding hydrogens is 684 g/mol. The molecule has 0 atom stereocenters. The maximum atomic E-state index is 12.2. The molecule has 52 heavy (non-hydrogen) atoms. The van der Waals surface area contributed by atoms with Crippen molar-refractivity contribution in [3.63, 3.8) is 0 Å². The second kappa shape index (κ2) is 27.4. The van der Waals surface area contributed by atoms with Gasteiger partial charge in [0.1, 0.15) is 24.7 Å². The first-order valence-corrected chi connectivity index (χ1v) is 18.1. The molecule has 0 N–H and O–H groups in total. The van der Waals surface area contributed by atoms with Gasteiger partial charge in [-0.05, 0) is 81.1 Å². The second-order valence-electron chi connectivity index (χ2n) is 10.9. The third-order valence-electron chi connectivity index (χ3n) is 6.89. The van der Waals surface area contributed by atoms with E-state index < -0.39 is 18.5 Å². The van der Waals surface area contributed by atoms with E-state index in [4.69, 9.17) is 44.8 Å². The Bertz CT molecular complexity index is 1470. The Labute approximate surface area is 314 Å². The van der Waals surface area contributed by atoms with E-state index in [1.165, 1.54) is 5.56 Å². The number of Topliss-reactive ketones (excluding diaryl/α,β-unsaturated/α-hetero) is 1. The number of carbonyl (C=O) groups is 2. The zero-order valence-electron chi connectivity index (χ0n) is 31.0. The Morgan fingerprint density at radius 2 is 0.904 bits per heavy atom. The molecule has 0 unspecified atom stereocenters. The van der Waals surface area contributed by atoms with Crippen molar-refractivity contribution >= 4 is 23.4 Å². The van der Waals surface area contributed by atoms with Gasteiger partial charge >= 0.3 is 5.97 Å². The molecule has 0 bridgehead atoms. The quantitative estimate of drug-likeness (QED) is 0.0501. The van der Waals surface area contributed by atoms with Gasteiger partial charge in [-0.2, -0.15) is 0 Å². The van der Waals surface area contributed by atoms with Crippen molar-refractivity contribution in [2.24, 2.45) is 0 Å². The van der Waals surface area contributed by atoms with Crippen LogP contribution in [0.15, 0.2) is 109 Å². The molecule has 4 aromatic rings. The fourth-order valence-corrected chi connectivity index (χ4v) is 4.56. The summed E-state index contributed by atoms with van der Waals surface area (Å²) in [4.78, 5) is 23.3. The average Bonchev–Trinajstić information content (AvgIpc) is 3.18. The van der Waals surface area contributed by atoms with Crippen molar-refractivity contribution in [1.82, 2.24) is 0 Å². The molecule has 0 saturated heterocycles. The Morgan fingerprint density at radius 3 is 1.29 bits per heavy atom. The van der Waals surface area contributed by atoms with Crippen LogP contribution in [-0.4, -0.2) is 57.4 Å². The number of hydrogen-bond acceptors (Lipinski definition) is 9. The minimum atomic E-state index is -0.861. The number of ether oxygens (including phenoxy) is 7. The van der Waals surface area contributed by atoms with Crippen molar-refractivity contribution in [1.29, 1.82) is 0 Å². The predicted molar refractivity (Wildman–Crippen MR) is 203 cm³/mol. The Hall–Kier alpha value is -4.25. The highest BCUT2D eigenvalue weighted by molar-refractivity contribution is 6.17. The molecular formula is C42H53ClO9. The smallest absolute Gasteiger partial charge is 0.363 e. The molecule has 0 radical (unpaired) electrons. The summed E-state index contributed by atoms with van der Waals surface area (Å²) in [6.07, 6.45) is -1.36. The van der Waals surface area contributed by atoms with Crippen molar-refractivity contribution < 1.29 is 42.7 Å². The van der Waals surface area contributed by atoms with Crippen molar-refractivity contribution in [3.8, 4) is 11.5 Å². The molecule has 0 saturated carbocycles. The lowest BCUT2D eigenvalue weighted by atomic mass is 10.1. The van der Waals surface area contributed by atoms with Crippen LogP contribution < -0.4 is 9.47 Å². The molecule has 0 aliphatic carbocycles. The molecule has 0 heterocycles. The summed E-state index contributed by atoms with van der Waals surface area (Å²) in [5, 5.41) is 0. The van der Waals surface area contributed by atoms with Crippen LogP contribution in [-0.2, 0) is 58.8 Å². The summed E-state index contributed by atoms with van der Waals surface area (Å²) in [5.41, 5.74) is 4.31.